The number of carbonyl (C=O) groups is 1. The van der Waals surface area contributed by atoms with Gasteiger partial charge >= 0.3 is 0 Å². The fourth-order valence-corrected chi connectivity index (χ4v) is 6.34. The van der Waals surface area contributed by atoms with E-state index in [0.717, 1.165) is 57.3 Å². The number of halogens is 1. The molecule has 44 heavy (non-hydrogen) atoms. The monoisotopic (exact) mass is 588 g/mol. The summed E-state index contributed by atoms with van der Waals surface area (Å²) in [6.45, 7) is 2.02. The number of benzene rings is 3. The van der Waals surface area contributed by atoms with E-state index < -0.39 is 0 Å². The number of fused-ring (bicyclic) bond motifs is 2. The molecule has 1 aliphatic carbocycles. The number of hydrogen-bond acceptors (Lipinski definition) is 5. The second kappa shape index (κ2) is 11.6. The van der Waals surface area contributed by atoms with E-state index in [2.05, 4.69) is 26.6 Å². The van der Waals surface area contributed by atoms with E-state index in [1.807, 2.05) is 43.3 Å². The van der Waals surface area contributed by atoms with E-state index >= 15 is 0 Å². The number of ether oxygens (including phenoxy) is 1. The standard InChI is InChI=1S/C35H33FN6O2/c1-20-11-23(15-25(12-20)38-32(43)13-21-7-4-3-5-8-21)30-18-28-31(19-37-30)41-42-34(28)35-39-29-10-6-9-27(33(29)40-35)22-14-24(36)17-26(16-22)44-2/h6,9-12,14-19,21H,3-5,7-8,13H2,1-2H3,(H,38,43)(H,39,40)(H,41,42). The van der Waals surface area contributed by atoms with Crippen LogP contribution in [-0.4, -0.2) is 38.2 Å². The molecule has 0 saturated heterocycles. The Balaban J connectivity index is 1.21. The highest BCUT2D eigenvalue weighted by atomic mass is 19.1. The number of anilines is 1. The fraction of sp³-hybridized carbons (Fsp3) is 0.257. The van der Waals surface area contributed by atoms with E-state index in [4.69, 9.17) is 14.7 Å². The molecule has 0 spiro atoms. The molecule has 0 radical (unpaired) electrons. The van der Waals surface area contributed by atoms with Crippen LogP contribution < -0.4 is 10.1 Å². The quantitative estimate of drug-likeness (QED) is 0.174. The number of H-pyrrole nitrogens is 2. The normalized spacial score (nSPS) is 13.9. The van der Waals surface area contributed by atoms with Gasteiger partial charge in [-0.25, -0.2) is 9.37 Å². The van der Waals surface area contributed by atoms with Gasteiger partial charge in [-0.1, -0.05) is 31.4 Å². The molecule has 7 rings (SSSR count). The number of imidazole rings is 1. The zero-order chi connectivity index (χ0) is 30.2. The number of aryl methyl sites for hydroxylation is 1. The molecule has 3 aromatic heterocycles. The number of amides is 1. The molecule has 1 amide bonds. The number of hydrogen-bond donors (Lipinski definition) is 3. The van der Waals surface area contributed by atoms with Gasteiger partial charge in [-0.2, -0.15) is 5.10 Å². The van der Waals surface area contributed by atoms with Crippen LogP contribution in [0.1, 0.15) is 44.1 Å². The summed E-state index contributed by atoms with van der Waals surface area (Å²) in [5.41, 5.74) is 7.84. The first kappa shape index (κ1) is 27.8. The highest BCUT2D eigenvalue weighted by Crippen LogP contribution is 2.35. The maximum absolute atomic E-state index is 14.3. The Morgan fingerprint density at radius 3 is 2.73 bits per heavy atom. The summed E-state index contributed by atoms with van der Waals surface area (Å²) in [5, 5.41) is 11.6. The van der Waals surface area contributed by atoms with Crippen molar-refractivity contribution in [1.29, 1.82) is 0 Å². The van der Waals surface area contributed by atoms with Gasteiger partial charge in [0.2, 0.25) is 5.91 Å². The largest absolute Gasteiger partial charge is 0.497 e. The van der Waals surface area contributed by atoms with Crippen molar-refractivity contribution in [3.63, 3.8) is 0 Å². The van der Waals surface area contributed by atoms with Crippen LogP contribution in [0, 0.1) is 18.7 Å². The molecule has 1 fully saturated rings. The first-order valence-corrected chi connectivity index (χ1v) is 15.0. The van der Waals surface area contributed by atoms with Crippen molar-refractivity contribution in [2.75, 3.05) is 12.4 Å². The van der Waals surface area contributed by atoms with E-state index in [1.54, 1.807) is 12.3 Å². The van der Waals surface area contributed by atoms with Gasteiger partial charge in [0, 0.05) is 34.7 Å². The van der Waals surface area contributed by atoms with Gasteiger partial charge < -0.3 is 15.0 Å². The third-order valence-electron chi connectivity index (χ3n) is 8.46. The maximum atomic E-state index is 14.3. The Hall–Kier alpha value is -5.05. The minimum absolute atomic E-state index is 0.0647. The smallest absolute Gasteiger partial charge is 0.224 e. The molecule has 6 aromatic rings. The van der Waals surface area contributed by atoms with Crippen molar-refractivity contribution in [1.82, 2.24) is 25.1 Å². The Morgan fingerprint density at radius 2 is 1.89 bits per heavy atom. The van der Waals surface area contributed by atoms with Gasteiger partial charge in [0.15, 0.2) is 5.82 Å². The average molecular weight is 589 g/mol. The summed E-state index contributed by atoms with van der Waals surface area (Å²) in [7, 11) is 1.52. The first-order chi connectivity index (χ1) is 21.4. The van der Waals surface area contributed by atoms with Gasteiger partial charge in [0.05, 0.1) is 35.6 Å². The summed E-state index contributed by atoms with van der Waals surface area (Å²) in [5.74, 6) is 1.18. The van der Waals surface area contributed by atoms with Crippen LogP contribution >= 0.6 is 0 Å². The molecule has 8 nitrogen and oxygen atoms in total. The number of aromatic nitrogens is 5. The van der Waals surface area contributed by atoms with Gasteiger partial charge in [-0.05, 0) is 79.3 Å². The molecule has 0 bridgehead atoms. The SMILES string of the molecule is COc1cc(F)cc(-c2cccc3[nH]c(-c4n[nH]c5cnc(-c6cc(C)cc(NC(=O)CC7CCCCC7)c6)cc45)nc23)c1. The van der Waals surface area contributed by atoms with Crippen molar-refractivity contribution in [2.45, 2.75) is 45.4 Å². The number of nitrogens with zero attached hydrogens (tertiary/aromatic N) is 3. The van der Waals surface area contributed by atoms with Crippen LogP contribution in [0.2, 0.25) is 0 Å². The molecule has 3 aromatic carbocycles. The lowest BCUT2D eigenvalue weighted by molar-refractivity contribution is -0.117. The number of carbonyl (C=O) groups excluding carboxylic acids is 1. The molecular formula is C35H33FN6O2. The molecule has 3 N–H and O–H groups in total. The third-order valence-corrected chi connectivity index (χ3v) is 8.46. The molecule has 222 valence electrons. The molecule has 0 atom stereocenters. The zero-order valence-electron chi connectivity index (χ0n) is 24.7. The lowest BCUT2D eigenvalue weighted by atomic mass is 9.87. The van der Waals surface area contributed by atoms with Crippen molar-refractivity contribution >= 4 is 33.5 Å². The predicted octanol–water partition coefficient (Wildman–Crippen LogP) is 8.20. The highest BCUT2D eigenvalue weighted by molar-refractivity contribution is 5.98. The third kappa shape index (κ3) is 5.53. The fourth-order valence-electron chi connectivity index (χ4n) is 6.34. The lowest BCUT2D eigenvalue weighted by Crippen LogP contribution is -2.18. The Labute approximate surface area is 254 Å². The summed E-state index contributed by atoms with van der Waals surface area (Å²) >= 11 is 0. The van der Waals surface area contributed by atoms with Gasteiger partial charge in [0.1, 0.15) is 17.3 Å². The lowest BCUT2D eigenvalue weighted by Gasteiger charge is -2.21. The van der Waals surface area contributed by atoms with Crippen LogP contribution in [0.4, 0.5) is 10.1 Å². The number of pyridine rings is 1. The average Bonchev–Trinajstić information content (AvgIpc) is 3.64. The summed E-state index contributed by atoms with van der Waals surface area (Å²) in [6, 6.07) is 18.4. The second-order valence-electron chi connectivity index (χ2n) is 11.7. The molecular weight excluding hydrogens is 555 g/mol. The van der Waals surface area contributed by atoms with Crippen molar-refractivity contribution in [3.05, 3.63) is 78.2 Å². The van der Waals surface area contributed by atoms with Crippen LogP contribution in [-0.2, 0) is 4.79 Å². The van der Waals surface area contributed by atoms with E-state index in [9.17, 15) is 9.18 Å². The van der Waals surface area contributed by atoms with E-state index in [1.165, 1.54) is 38.5 Å². The molecule has 9 heteroatoms. The molecule has 1 aliphatic rings. The topological polar surface area (TPSA) is 109 Å². The number of methoxy groups -OCH3 is 1. The minimum Gasteiger partial charge on any atom is -0.497 e. The Morgan fingerprint density at radius 1 is 1.02 bits per heavy atom. The summed E-state index contributed by atoms with van der Waals surface area (Å²) < 4.78 is 19.6. The van der Waals surface area contributed by atoms with Crippen molar-refractivity contribution < 1.29 is 13.9 Å². The van der Waals surface area contributed by atoms with Gasteiger partial charge in [-0.15, -0.1) is 0 Å². The van der Waals surface area contributed by atoms with Crippen molar-refractivity contribution in [3.8, 4) is 39.7 Å². The number of nitrogens with one attached hydrogen (secondary N) is 3. The predicted molar refractivity (Wildman–Crippen MR) is 171 cm³/mol. The molecule has 1 saturated carbocycles. The maximum Gasteiger partial charge on any atom is 0.224 e. The zero-order valence-corrected chi connectivity index (χ0v) is 24.7. The molecule has 0 unspecified atom stereocenters. The van der Waals surface area contributed by atoms with Crippen LogP contribution in [0.5, 0.6) is 5.75 Å². The van der Waals surface area contributed by atoms with Gasteiger partial charge in [-0.3, -0.25) is 14.9 Å². The van der Waals surface area contributed by atoms with Crippen LogP contribution in [0.15, 0.2) is 66.9 Å². The van der Waals surface area contributed by atoms with Crippen LogP contribution in [0.3, 0.4) is 0 Å². The summed E-state index contributed by atoms with van der Waals surface area (Å²) in [6.07, 6.45) is 8.31. The molecule has 3 heterocycles. The molecule has 0 aliphatic heterocycles. The van der Waals surface area contributed by atoms with E-state index in [-0.39, 0.29) is 11.7 Å². The second-order valence-corrected chi connectivity index (χ2v) is 11.7. The number of para-hydroxylation sites is 1. The number of rotatable bonds is 7. The Bertz CT molecular complexity index is 2010. The first-order valence-electron chi connectivity index (χ1n) is 15.0. The van der Waals surface area contributed by atoms with Gasteiger partial charge in [0.25, 0.3) is 0 Å². The number of aromatic amines is 2. The minimum atomic E-state index is -0.381. The summed E-state index contributed by atoms with van der Waals surface area (Å²) in [4.78, 5) is 25.8. The van der Waals surface area contributed by atoms with Crippen LogP contribution in [0.25, 0.3) is 55.8 Å². The Kier molecular flexibility index (Phi) is 7.29. The van der Waals surface area contributed by atoms with Crippen molar-refractivity contribution in [2.24, 2.45) is 5.92 Å². The van der Waals surface area contributed by atoms with E-state index in [0.29, 0.717) is 40.7 Å². The highest BCUT2D eigenvalue weighted by Gasteiger charge is 2.19.